The average molecular weight is 648 g/mol. The monoisotopic (exact) mass is 647 g/mol. The van der Waals surface area contributed by atoms with Gasteiger partial charge in [0.1, 0.15) is 35.4 Å². The summed E-state index contributed by atoms with van der Waals surface area (Å²) in [4.78, 5) is 18.0. The zero-order chi connectivity index (χ0) is 34.9. The summed E-state index contributed by atoms with van der Waals surface area (Å²) in [5.41, 5.74) is 14.2. The number of hydrogen-bond donors (Lipinski definition) is 5. The Morgan fingerprint density at radius 3 is 1.12 bits per heavy atom. The predicted octanol–water partition coefficient (Wildman–Crippen LogP) is 9.67. The van der Waals surface area contributed by atoms with Crippen LogP contribution in [0.5, 0.6) is 0 Å². The molecule has 9 nitrogen and oxygen atoms in total. The van der Waals surface area contributed by atoms with Crippen molar-refractivity contribution in [2.24, 2.45) is 0 Å². The molecule has 5 aromatic rings. The number of aryl methyl sites for hydroxylation is 4. The van der Waals surface area contributed by atoms with Crippen molar-refractivity contribution in [3.63, 3.8) is 0 Å². The largest absolute Gasteiger partial charge is 0.354 e. The molecule has 0 aliphatic heterocycles. The van der Waals surface area contributed by atoms with Crippen LogP contribution < -0.4 is 0 Å². The molecule has 9 heteroatoms. The van der Waals surface area contributed by atoms with Gasteiger partial charge in [-0.15, -0.1) is 0 Å². The topological polar surface area (TPSA) is 174 Å². The van der Waals surface area contributed by atoms with Crippen LogP contribution in [0.25, 0.3) is 57.7 Å². The van der Waals surface area contributed by atoms with Gasteiger partial charge in [0.15, 0.2) is 0 Å². The molecule has 0 saturated carbocycles. The van der Waals surface area contributed by atoms with Crippen LogP contribution >= 0.6 is 0 Å². The molecule has 0 aliphatic carbocycles. The molecule has 0 amide bonds. The second-order valence-corrected chi connectivity index (χ2v) is 12.3. The van der Waals surface area contributed by atoms with Crippen LogP contribution in [0.2, 0.25) is 0 Å². The molecule has 5 N–H and O–H groups in total. The predicted molar refractivity (Wildman–Crippen MR) is 194 cm³/mol. The summed E-state index contributed by atoms with van der Waals surface area (Å²) >= 11 is 0. The van der Waals surface area contributed by atoms with Crippen molar-refractivity contribution in [1.82, 2.24) is 24.9 Å². The summed E-state index contributed by atoms with van der Waals surface area (Å²) in [6, 6.07) is 20.5. The van der Waals surface area contributed by atoms with E-state index >= 15 is 0 Å². The van der Waals surface area contributed by atoms with Crippen molar-refractivity contribution >= 4 is 12.2 Å². The van der Waals surface area contributed by atoms with Crippen molar-refractivity contribution in [2.45, 2.75) is 79.1 Å². The van der Waals surface area contributed by atoms with E-state index in [9.17, 15) is 21.0 Å². The fraction of sp³-hybridized carbons (Fsp3) is 0.300. The maximum atomic E-state index is 9.29. The lowest BCUT2D eigenvalue weighted by Crippen LogP contribution is -1.89. The second kappa shape index (κ2) is 15.6. The molecule has 0 atom stereocenters. The highest BCUT2D eigenvalue weighted by Crippen LogP contribution is 2.36. The van der Waals surface area contributed by atoms with Gasteiger partial charge in [0, 0.05) is 11.4 Å². The fourth-order valence-corrected chi connectivity index (χ4v) is 6.46. The average Bonchev–Trinajstić information content (AvgIpc) is 3.94. The van der Waals surface area contributed by atoms with Gasteiger partial charge >= 0.3 is 0 Å². The molecule has 0 aromatic carbocycles. The number of aromatic amines is 5. The van der Waals surface area contributed by atoms with Crippen LogP contribution in [0, 0.1) is 45.3 Å². The summed E-state index contributed by atoms with van der Waals surface area (Å²) in [6.45, 7) is 8.63. The smallest absolute Gasteiger partial charge is 0.131 e. The summed E-state index contributed by atoms with van der Waals surface area (Å²) < 4.78 is 0. The summed E-state index contributed by atoms with van der Waals surface area (Å²) in [7, 11) is 0. The van der Waals surface area contributed by atoms with E-state index in [0.717, 1.165) is 119 Å². The zero-order valence-corrected chi connectivity index (χ0v) is 28.6. The minimum atomic E-state index is 0.0609. The first kappa shape index (κ1) is 34.2. The molecule has 0 unspecified atom stereocenters. The lowest BCUT2D eigenvalue weighted by atomic mass is 10.1. The number of rotatable bonds is 14. The molecule has 0 bridgehead atoms. The Morgan fingerprint density at radius 1 is 0.469 bits per heavy atom. The maximum absolute atomic E-state index is 9.29. The van der Waals surface area contributed by atoms with E-state index in [0.29, 0.717) is 0 Å². The number of H-pyrrole nitrogens is 5. The van der Waals surface area contributed by atoms with Crippen molar-refractivity contribution in [2.75, 3.05) is 0 Å². The van der Waals surface area contributed by atoms with Crippen LogP contribution in [-0.4, -0.2) is 24.9 Å². The van der Waals surface area contributed by atoms with Crippen molar-refractivity contribution < 1.29 is 0 Å². The summed E-state index contributed by atoms with van der Waals surface area (Å²) in [5, 5.41) is 37.2. The van der Waals surface area contributed by atoms with E-state index in [1.165, 1.54) is 11.1 Å². The summed E-state index contributed by atoms with van der Waals surface area (Å²) in [5.74, 6) is 0. The van der Waals surface area contributed by atoms with Gasteiger partial charge in [-0.3, -0.25) is 0 Å². The fourth-order valence-electron chi connectivity index (χ4n) is 6.46. The van der Waals surface area contributed by atoms with Gasteiger partial charge in [-0.1, -0.05) is 53.4 Å². The Labute approximate surface area is 287 Å². The number of nitriles is 4. The van der Waals surface area contributed by atoms with E-state index in [1.807, 2.05) is 36.4 Å². The standard InChI is InChI=1S/C40H41N9/c1-5-9-27-17-31(15-25(21-41)22-42)45-39(27)35-19-29(11-7-3)37(48-35)33-13-14-34(47-33)38-30(12-8-4)20-36(49-38)40-28(10-6-2)18-32(46-40)16-26(23-43)24-44/h13-20,45-49H,5-12H2,1-4H3. The highest BCUT2D eigenvalue weighted by Gasteiger charge is 2.20. The molecule has 5 heterocycles. The number of nitrogens with zero attached hydrogens (tertiary/aromatic N) is 4. The molecular formula is C40H41N9. The molecule has 0 aliphatic rings. The van der Waals surface area contributed by atoms with Crippen LogP contribution in [0.3, 0.4) is 0 Å². The maximum Gasteiger partial charge on any atom is 0.131 e. The van der Waals surface area contributed by atoms with Crippen molar-refractivity contribution in [1.29, 1.82) is 21.0 Å². The molecule has 0 saturated heterocycles. The second-order valence-electron chi connectivity index (χ2n) is 12.3. The van der Waals surface area contributed by atoms with Crippen LogP contribution in [-0.2, 0) is 25.7 Å². The lowest BCUT2D eigenvalue weighted by molar-refractivity contribution is 0.923. The zero-order valence-electron chi connectivity index (χ0n) is 28.6. The first-order chi connectivity index (χ1) is 23.9. The Hall–Kier alpha value is -6.16. The Morgan fingerprint density at radius 2 is 0.796 bits per heavy atom. The number of allylic oxidation sites excluding steroid dienone is 2. The molecule has 0 spiro atoms. The number of aromatic nitrogens is 5. The molecule has 0 radical (unpaired) electrons. The van der Waals surface area contributed by atoms with Crippen LogP contribution in [0.15, 0.2) is 47.5 Å². The van der Waals surface area contributed by atoms with Gasteiger partial charge in [-0.25, -0.2) is 0 Å². The third-order valence-corrected chi connectivity index (χ3v) is 8.56. The number of nitrogens with one attached hydrogen (secondary N) is 5. The van der Waals surface area contributed by atoms with E-state index < -0.39 is 0 Å². The Balaban J connectivity index is 1.55. The molecule has 246 valence electrons. The van der Waals surface area contributed by atoms with Gasteiger partial charge in [-0.2, -0.15) is 21.0 Å². The molecule has 5 rings (SSSR count). The Bertz CT molecular complexity index is 1990. The van der Waals surface area contributed by atoms with Crippen LogP contribution in [0.1, 0.15) is 87.0 Å². The highest BCUT2D eigenvalue weighted by molar-refractivity contribution is 5.77. The number of hydrogen-bond acceptors (Lipinski definition) is 4. The van der Waals surface area contributed by atoms with Crippen molar-refractivity contribution in [3.05, 3.63) is 81.2 Å². The highest BCUT2D eigenvalue weighted by atomic mass is 14.9. The van der Waals surface area contributed by atoms with E-state index in [4.69, 9.17) is 0 Å². The first-order valence-corrected chi connectivity index (χ1v) is 17.0. The van der Waals surface area contributed by atoms with E-state index in [-0.39, 0.29) is 11.1 Å². The molecule has 5 aromatic heterocycles. The summed E-state index contributed by atoms with van der Waals surface area (Å²) in [6.07, 6.45) is 10.6. The SMILES string of the molecule is CCCc1cc(C=C(C#N)C#N)[nH]c1-c1cc(CCC)c(-c2ccc(-c3[nH]c(-c4[nH]c(C=C(C#N)C#N)cc4CCC)cc3CCC)[nH]2)[nH]1. The lowest BCUT2D eigenvalue weighted by Gasteiger charge is -2.03. The van der Waals surface area contributed by atoms with Crippen LogP contribution in [0.4, 0.5) is 0 Å². The molecular weight excluding hydrogens is 607 g/mol. The third kappa shape index (κ3) is 7.38. The minimum Gasteiger partial charge on any atom is -0.354 e. The van der Waals surface area contributed by atoms with Crippen molar-refractivity contribution in [3.8, 4) is 69.8 Å². The Kier molecular flexibility index (Phi) is 10.9. The molecule has 49 heavy (non-hydrogen) atoms. The van der Waals surface area contributed by atoms with Gasteiger partial charge in [0.2, 0.25) is 0 Å². The quantitative estimate of drug-likeness (QED) is 0.0755. The van der Waals surface area contributed by atoms with Gasteiger partial charge < -0.3 is 24.9 Å². The van der Waals surface area contributed by atoms with E-state index in [2.05, 4.69) is 76.9 Å². The first-order valence-electron chi connectivity index (χ1n) is 17.0. The van der Waals surface area contributed by atoms with E-state index in [1.54, 1.807) is 12.2 Å². The normalized spacial score (nSPS) is 10.6. The third-order valence-electron chi connectivity index (χ3n) is 8.56. The minimum absolute atomic E-state index is 0.0609. The van der Waals surface area contributed by atoms with Gasteiger partial charge in [-0.05, 0) is 96.5 Å². The van der Waals surface area contributed by atoms with Gasteiger partial charge in [0.25, 0.3) is 0 Å². The van der Waals surface area contributed by atoms with Gasteiger partial charge in [0.05, 0.1) is 45.6 Å². The molecule has 0 fully saturated rings.